The number of ether oxygens (including phenoxy) is 1. The van der Waals surface area contributed by atoms with Crippen molar-refractivity contribution in [1.82, 2.24) is 14.8 Å². The van der Waals surface area contributed by atoms with Crippen molar-refractivity contribution in [2.24, 2.45) is 5.92 Å². The predicted octanol–water partition coefficient (Wildman–Crippen LogP) is 2.64. The maximum absolute atomic E-state index is 13.4. The molecule has 0 saturated carbocycles. The third-order valence-electron chi connectivity index (χ3n) is 6.20. The Morgan fingerprint density at radius 1 is 1.07 bits per heavy atom. The first-order chi connectivity index (χ1) is 14.2. The van der Waals surface area contributed by atoms with Gasteiger partial charge in [-0.1, -0.05) is 6.07 Å². The van der Waals surface area contributed by atoms with Gasteiger partial charge in [0, 0.05) is 31.7 Å². The molecule has 152 valence electrons. The van der Waals surface area contributed by atoms with Crippen molar-refractivity contribution in [3.8, 4) is 0 Å². The van der Waals surface area contributed by atoms with Crippen molar-refractivity contribution in [3.63, 3.8) is 0 Å². The summed E-state index contributed by atoms with van der Waals surface area (Å²) in [7, 11) is 0. The molecule has 2 amide bonds. The van der Waals surface area contributed by atoms with Crippen LogP contribution >= 0.6 is 11.3 Å². The fourth-order valence-corrected chi connectivity index (χ4v) is 5.86. The van der Waals surface area contributed by atoms with E-state index in [1.807, 2.05) is 21.9 Å². The molecule has 0 N–H and O–H groups in total. The first kappa shape index (κ1) is 18.8. The van der Waals surface area contributed by atoms with Crippen LogP contribution < -0.4 is 0 Å². The third kappa shape index (κ3) is 3.57. The second-order valence-corrected chi connectivity index (χ2v) is 9.10. The number of aryl methyl sites for hydroxylation is 1. The minimum Gasteiger partial charge on any atom is -0.379 e. The highest BCUT2D eigenvalue weighted by Gasteiger charge is 2.39. The molecule has 2 fully saturated rings. The summed E-state index contributed by atoms with van der Waals surface area (Å²) in [6, 6.07) is 5.25. The summed E-state index contributed by atoms with van der Waals surface area (Å²) in [4.78, 5) is 35.5. The van der Waals surface area contributed by atoms with Gasteiger partial charge in [0.25, 0.3) is 11.8 Å². The van der Waals surface area contributed by atoms with Gasteiger partial charge < -0.3 is 14.5 Å². The molecule has 2 aromatic rings. The van der Waals surface area contributed by atoms with E-state index in [2.05, 4.69) is 10.4 Å². The summed E-state index contributed by atoms with van der Waals surface area (Å²) in [5, 5.41) is 2.17. The summed E-state index contributed by atoms with van der Waals surface area (Å²) < 4.78 is 5.84. The summed E-state index contributed by atoms with van der Waals surface area (Å²) in [5.41, 5.74) is 3.07. The van der Waals surface area contributed by atoms with Crippen LogP contribution in [0.2, 0.25) is 0 Å². The minimum absolute atomic E-state index is 0.0751. The van der Waals surface area contributed by atoms with Gasteiger partial charge in [0.05, 0.1) is 24.1 Å². The summed E-state index contributed by atoms with van der Waals surface area (Å²) >= 11 is 1.59. The molecule has 0 unspecified atom stereocenters. The van der Waals surface area contributed by atoms with Crippen LogP contribution in [0, 0.1) is 5.92 Å². The molecule has 2 aromatic heterocycles. The average Bonchev–Trinajstić information content (AvgIpc) is 2.96. The van der Waals surface area contributed by atoms with E-state index in [4.69, 9.17) is 4.74 Å². The Hall–Kier alpha value is -2.25. The highest BCUT2D eigenvalue weighted by atomic mass is 32.1. The zero-order valence-corrected chi connectivity index (χ0v) is 17.2. The molecule has 0 radical (unpaired) electrons. The number of thiophene rings is 1. The summed E-state index contributed by atoms with van der Waals surface area (Å²) in [6.45, 7) is 2.79. The fourth-order valence-electron chi connectivity index (χ4n) is 4.74. The molecular formula is C22H25N3O3S. The molecule has 2 aliphatic heterocycles. The molecule has 29 heavy (non-hydrogen) atoms. The van der Waals surface area contributed by atoms with E-state index in [0.717, 1.165) is 24.1 Å². The topological polar surface area (TPSA) is 62.7 Å². The predicted molar refractivity (Wildman–Crippen MR) is 110 cm³/mol. The van der Waals surface area contributed by atoms with Crippen LogP contribution in [0.5, 0.6) is 0 Å². The number of aromatic nitrogens is 1. The molecule has 2 bridgehead atoms. The second-order valence-electron chi connectivity index (χ2n) is 8.22. The summed E-state index contributed by atoms with van der Waals surface area (Å²) in [6.07, 6.45) is 6.12. The molecule has 0 spiro atoms. The van der Waals surface area contributed by atoms with Crippen LogP contribution in [0.3, 0.4) is 0 Å². The van der Waals surface area contributed by atoms with Gasteiger partial charge in [-0.05, 0) is 54.3 Å². The number of carbonyl (C=O) groups is 2. The Balaban J connectivity index is 1.40. The van der Waals surface area contributed by atoms with Gasteiger partial charge in [-0.2, -0.15) is 0 Å². The molecule has 2 saturated heterocycles. The lowest BCUT2D eigenvalue weighted by Gasteiger charge is -2.31. The molecule has 7 heteroatoms. The normalized spacial score (nSPS) is 24.0. The van der Waals surface area contributed by atoms with Crippen LogP contribution in [0.1, 0.15) is 44.1 Å². The largest absolute Gasteiger partial charge is 0.379 e. The number of rotatable bonds is 2. The minimum atomic E-state index is -0.142. The molecule has 3 aliphatic rings. The highest BCUT2D eigenvalue weighted by molar-refractivity contribution is 7.12. The van der Waals surface area contributed by atoms with Crippen molar-refractivity contribution in [2.75, 3.05) is 32.8 Å². The third-order valence-corrected chi connectivity index (χ3v) is 7.26. The van der Waals surface area contributed by atoms with Crippen molar-refractivity contribution in [3.05, 3.63) is 51.5 Å². The zero-order valence-electron chi connectivity index (χ0n) is 16.4. The van der Waals surface area contributed by atoms with E-state index in [1.54, 1.807) is 23.6 Å². The maximum Gasteiger partial charge on any atom is 0.272 e. The van der Waals surface area contributed by atoms with Crippen molar-refractivity contribution >= 4 is 23.2 Å². The molecule has 1 aliphatic carbocycles. The Bertz CT molecular complexity index is 913. The number of hydrogen-bond acceptors (Lipinski definition) is 5. The molecule has 0 aromatic carbocycles. The standard InChI is InChI=1S/C22H25N3O3S/c26-21(19-7-3-4-8-23-19)25-10-15-9-24(11-17(25)13-28-12-15)22(27)20-18-6-2-1-5-16(18)14-29-20/h3-4,7-8,14-15,17H,1-2,5-6,9-13H2/t15-,17-/m0/s1. The number of fused-ring (bicyclic) bond motifs is 4. The zero-order chi connectivity index (χ0) is 19.8. The van der Waals surface area contributed by atoms with E-state index in [9.17, 15) is 9.59 Å². The van der Waals surface area contributed by atoms with Gasteiger partial charge in [-0.3, -0.25) is 14.6 Å². The number of nitrogens with zero attached hydrogens (tertiary/aromatic N) is 3. The van der Waals surface area contributed by atoms with Gasteiger partial charge in [0.2, 0.25) is 0 Å². The maximum atomic E-state index is 13.4. The monoisotopic (exact) mass is 411 g/mol. The quantitative estimate of drug-likeness (QED) is 0.762. The summed E-state index contributed by atoms with van der Waals surface area (Å²) in [5.74, 6) is 0.172. The Kier molecular flexibility index (Phi) is 5.09. The SMILES string of the molecule is O=C(c1scc2c1CCCC2)N1C[C@@H]2COC[C@H](C1)N(C(=O)c1ccccn1)C2. The van der Waals surface area contributed by atoms with Gasteiger partial charge in [-0.25, -0.2) is 0 Å². The molecule has 4 heterocycles. The van der Waals surface area contributed by atoms with E-state index in [-0.39, 0.29) is 23.8 Å². The van der Waals surface area contributed by atoms with Crippen LogP contribution in [-0.2, 0) is 17.6 Å². The van der Waals surface area contributed by atoms with Gasteiger partial charge in [-0.15, -0.1) is 11.3 Å². The first-order valence-electron chi connectivity index (χ1n) is 10.4. The lowest BCUT2D eigenvalue weighted by Crippen LogP contribution is -2.48. The van der Waals surface area contributed by atoms with Crippen molar-refractivity contribution in [1.29, 1.82) is 0 Å². The van der Waals surface area contributed by atoms with Crippen molar-refractivity contribution < 1.29 is 14.3 Å². The van der Waals surface area contributed by atoms with Crippen molar-refractivity contribution in [2.45, 2.75) is 31.7 Å². The average molecular weight is 412 g/mol. The van der Waals surface area contributed by atoms with Gasteiger partial charge >= 0.3 is 0 Å². The fraction of sp³-hybridized carbons (Fsp3) is 0.500. The van der Waals surface area contributed by atoms with Crippen LogP contribution in [0.25, 0.3) is 0 Å². The van der Waals surface area contributed by atoms with Gasteiger partial charge in [0.1, 0.15) is 5.69 Å². The molecule has 6 nitrogen and oxygen atoms in total. The lowest BCUT2D eigenvalue weighted by molar-refractivity contribution is 0.0381. The number of hydrogen-bond donors (Lipinski definition) is 0. The molecule has 2 atom stereocenters. The molecule has 5 rings (SSSR count). The van der Waals surface area contributed by atoms with Crippen LogP contribution in [-0.4, -0.2) is 65.5 Å². The van der Waals surface area contributed by atoms with E-state index in [0.29, 0.717) is 38.5 Å². The van der Waals surface area contributed by atoms with Gasteiger partial charge in [0.15, 0.2) is 0 Å². The van der Waals surface area contributed by atoms with Crippen LogP contribution in [0.15, 0.2) is 29.8 Å². The van der Waals surface area contributed by atoms with E-state index >= 15 is 0 Å². The Morgan fingerprint density at radius 2 is 1.97 bits per heavy atom. The smallest absolute Gasteiger partial charge is 0.272 e. The number of amides is 2. The highest BCUT2D eigenvalue weighted by Crippen LogP contribution is 2.32. The first-order valence-corrected chi connectivity index (χ1v) is 11.3. The van der Waals surface area contributed by atoms with Crippen LogP contribution in [0.4, 0.5) is 0 Å². The lowest BCUT2D eigenvalue weighted by atomic mass is 9.93. The molecular weight excluding hydrogens is 386 g/mol. The van der Waals surface area contributed by atoms with E-state index < -0.39 is 0 Å². The second kappa shape index (κ2) is 7.88. The Morgan fingerprint density at radius 3 is 2.83 bits per heavy atom. The number of carbonyl (C=O) groups excluding carboxylic acids is 2. The Labute approximate surface area is 174 Å². The number of pyridine rings is 1. The van der Waals surface area contributed by atoms with E-state index in [1.165, 1.54) is 17.5 Å².